The van der Waals surface area contributed by atoms with Gasteiger partial charge < -0.3 is 5.73 Å². The summed E-state index contributed by atoms with van der Waals surface area (Å²) in [6.07, 6.45) is 2.68. The van der Waals surface area contributed by atoms with Crippen molar-refractivity contribution in [2.45, 2.75) is 0 Å². The number of amides is 1. The van der Waals surface area contributed by atoms with Crippen LogP contribution in [0.15, 0.2) is 12.5 Å². The Labute approximate surface area is 63.4 Å². The van der Waals surface area contributed by atoms with E-state index in [2.05, 4.69) is 4.98 Å². The number of carbonyl (C=O) groups excluding carboxylic acids is 1. The van der Waals surface area contributed by atoms with Crippen LogP contribution in [0.25, 0.3) is 0 Å². The topological polar surface area (TPSA) is 90.2 Å². The highest BCUT2D eigenvalue weighted by Gasteiger charge is 2.08. The van der Waals surface area contributed by atoms with Gasteiger partial charge in [0.2, 0.25) is 0 Å². The van der Waals surface area contributed by atoms with Crippen LogP contribution in [0.3, 0.4) is 0 Å². The quantitative estimate of drug-likeness (QED) is 0.292. The molecule has 0 aliphatic heterocycles. The molecule has 0 aliphatic rings. The van der Waals surface area contributed by atoms with Gasteiger partial charge in [-0.1, -0.05) is 0 Å². The maximum atomic E-state index is 11.1. The van der Waals surface area contributed by atoms with Crippen molar-refractivity contribution < 1.29 is 4.79 Å². The molecule has 1 aromatic heterocycles. The van der Waals surface area contributed by atoms with Crippen LogP contribution in [0.1, 0.15) is 0 Å². The largest absolute Gasteiger partial charge is 0.383 e. The molecule has 0 saturated carbocycles. The number of nitrogens with two attached hydrogens (primary N) is 2. The highest BCUT2D eigenvalue weighted by Crippen LogP contribution is 1.99. The maximum absolute atomic E-state index is 11.1. The first kappa shape index (κ1) is 7.55. The fourth-order valence-corrected chi connectivity index (χ4v) is 0.635. The van der Waals surface area contributed by atoms with Crippen molar-refractivity contribution in [2.75, 3.05) is 12.8 Å². The molecule has 0 spiro atoms. The summed E-state index contributed by atoms with van der Waals surface area (Å²) in [5.41, 5.74) is 5.38. The summed E-state index contributed by atoms with van der Waals surface area (Å²) in [6.45, 7) is 0. The van der Waals surface area contributed by atoms with Crippen molar-refractivity contribution in [2.24, 2.45) is 5.84 Å². The van der Waals surface area contributed by atoms with Crippen molar-refractivity contribution in [3.05, 3.63) is 12.5 Å². The van der Waals surface area contributed by atoms with Crippen molar-refractivity contribution >= 4 is 11.8 Å². The SMILES string of the molecule is CN(N)C(=O)n1cncc1N. The second-order valence-corrected chi connectivity index (χ2v) is 2.08. The molecule has 11 heavy (non-hydrogen) atoms. The smallest absolute Gasteiger partial charge is 0.344 e. The van der Waals surface area contributed by atoms with Gasteiger partial charge in [-0.3, -0.25) is 5.01 Å². The van der Waals surface area contributed by atoms with Gasteiger partial charge in [0.15, 0.2) is 0 Å². The Balaban J connectivity index is 2.93. The molecule has 1 amide bonds. The first-order chi connectivity index (χ1) is 5.13. The highest BCUT2D eigenvalue weighted by molar-refractivity contribution is 5.78. The third-order valence-electron chi connectivity index (χ3n) is 1.17. The van der Waals surface area contributed by atoms with Gasteiger partial charge in [-0.2, -0.15) is 0 Å². The molecule has 1 aromatic rings. The molecule has 6 nitrogen and oxygen atoms in total. The van der Waals surface area contributed by atoms with E-state index in [1.807, 2.05) is 0 Å². The van der Waals surface area contributed by atoms with Crippen LogP contribution in [-0.2, 0) is 0 Å². The standard InChI is InChI=1S/C5H9N5O/c1-9(7)5(11)10-3-8-2-4(10)6/h2-3H,6-7H2,1H3. The summed E-state index contributed by atoms with van der Waals surface area (Å²) in [6, 6.07) is -0.417. The molecule has 0 atom stereocenters. The van der Waals surface area contributed by atoms with Crippen molar-refractivity contribution in [3.8, 4) is 0 Å². The lowest BCUT2D eigenvalue weighted by Gasteiger charge is -2.10. The van der Waals surface area contributed by atoms with E-state index in [1.165, 1.54) is 19.6 Å². The van der Waals surface area contributed by atoms with Gasteiger partial charge >= 0.3 is 6.03 Å². The van der Waals surface area contributed by atoms with Crippen LogP contribution in [0.5, 0.6) is 0 Å². The predicted octanol–water partition coefficient (Wildman–Crippen LogP) is -0.761. The van der Waals surface area contributed by atoms with E-state index < -0.39 is 6.03 Å². The van der Waals surface area contributed by atoms with Crippen LogP contribution < -0.4 is 11.6 Å². The van der Waals surface area contributed by atoms with E-state index in [4.69, 9.17) is 11.6 Å². The molecule has 0 saturated heterocycles. The van der Waals surface area contributed by atoms with E-state index in [9.17, 15) is 4.79 Å². The Kier molecular flexibility index (Phi) is 1.77. The Morgan fingerprint density at radius 1 is 1.82 bits per heavy atom. The monoisotopic (exact) mass is 155 g/mol. The van der Waals surface area contributed by atoms with E-state index in [1.54, 1.807) is 0 Å². The van der Waals surface area contributed by atoms with Gasteiger partial charge in [0, 0.05) is 7.05 Å². The summed E-state index contributed by atoms with van der Waals surface area (Å²) in [4.78, 5) is 14.7. The summed E-state index contributed by atoms with van der Waals surface area (Å²) >= 11 is 0. The van der Waals surface area contributed by atoms with Crippen LogP contribution >= 0.6 is 0 Å². The normalized spacial score (nSPS) is 9.64. The molecular formula is C5H9N5O. The Bertz CT molecular complexity index is 266. The van der Waals surface area contributed by atoms with Crippen LogP contribution in [0.4, 0.5) is 10.6 Å². The van der Waals surface area contributed by atoms with Crippen molar-refractivity contribution in [1.82, 2.24) is 14.6 Å². The molecule has 0 radical (unpaired) electrons. The minimum Gasteiger partial charge on any atom is -0.383 e. The highest BCUT2D eigenvalue weighted by atomic mass is 16.2. The third-order valence-corrected chi connectivity index (χ3v) is 1.17. The summed E-state index contributed by atoms with van der Waals surface area (Å²) < 4.78 is 1.15. The van der Waals surface area contributed by atoms with Crippen LogP contribution in [0.2, 0.25) is 0 Å². The fourth-order valence-electron chi connectivity index (χ4n) is 0.635. The zero-order valence-corrected chi connectivity index (χ0v) is 6.06. The van der Waals surface area contributed by atoms with Gasteiger partial charge in [-0.15, -0.1) is 0 Å². The molecule has 6 heteroatoms. The van der Waals surface area contributed by atoms with Gasteiger partial charge in [0.1, 0.15) is 12.1 Å². The van der Waals surface area contributed by atoms with Crippen molar-refractivity contribution in [1.29, 1.82) is 0 Å². The number of rotatable bonds is 0. The number of imidazole rings is 1. The number of aromatic nitrogens is 2. The molecule has 0 bridgehead atoms. The molecule has 0 aromatic carbocycles. The molecule has 4 N–H and O–H groups in total. The van der Waals surface area contributed by atoms with Gasteiger partial charge in [-0.25, -0.2) is 20.2 Å². The molecule has 0 aliphatic carbocycles. The van der Waals surface area contributed by atoms with Gasteiger partial charge in [-0.05, 0) is 0 Å². The predicted molar refractivity (Wildman–Crippen MR) is 39.4 cm³/mol. The fraction of sp³-hybridized carbons (Fsp3) is 0.200. The molecule has 0 fully saturated rings. The Hall–Kier alpha value is -1.56. The Morgan fingerprint density at radius 3 is 2.82 bits per heavy atom. The molecule has 60 valence electrons. The second kappa shape index (κ2) is 2.59. The average molecular weight is 155 g/mol. The summed E-state index contributed by atoms with van der Waals surface area (Å²) in [7, 11) is 1.43. The first-order valence-electron chi connectivity index (χ1n) is 2.93. The number of hydrazine groups is 1. The number of hydrogen-bond donors (Lipinski definition) is 2. The number of carbonyl (C=O) groups is 1. The number of hydrogen-bond acceptors (Lipinski definition) is 4. The van der Waals surface area contributed by atoms with E-state index >= 15 is 0 Å². The lowest BCUT2D eigenvalue weighted by atomic mass is 10.7. The summed E-state index contributed by atoms with van der Waals surface area (Å²) in [5, 5.41) is 0.929. The van der Waals surface area contributed by atoms with E-state index in [-0.39, 0.29) is 5.82 Å². The lowest BCUT2D eigenvalue weighted by Crippen LogP contribution is -2.36. The molecule has 0 unspecified atom stereocenters. The minimum atomic E-state index is -0.417. The zero-order chi connectivity index (χ0) is 8.43. The number of nitrogen functional groups attached to an aromatic ring is 1. The second-order valence-electron chi connectivity index (χ2n) is 2.08. The van der Waals surface area contributed by atoms with Crippen LogP contribution in [-0.4, -0.2) is 27.6 Å². The Morgan fingerprint density at radius 2 is 2.45 bits per heavy atom. The third kappa shape index (κ3) is 1.30. The number of nitrogens with zero attached hydrogens (tertiary/aromatic N) is 3. The maximum Gasteiger partial charge on any atom is 0.344 e. The average Bonchev–Trinajstić information content (AvgIpc) is 2.33. The minimum absolute atomic E-state index is 0.271. The van der Waals surface area contributed by atoms with E-state index in [0.29, 0.717) is 0 Å². The molecule has 1 heterocycles. The van der Waals surface area contributed by atoms with Gasteiger partial charge in [0.25, 0.3) is 0 Å². The zero-order valence-electron chi connectivity index (χ0n) is 6.06. The first-order valence-corrected chi connectivity index (χ1v) is 2.93. The molecule has 1 rings (SSSR count). The lowest BCUT2D eigenvalue weighted by molar-refractivity contribution is 0.212. The number of anilines is 1. The van der Waals surface area contributed by atoms with Crippen molar-refractivity contribution in [3.63, 3.8) is 0 Å². The van der Waals surface area contributed by atoms with Gasteiger partial charge in [0.05, 0.1) is 6.20 Å². The summed E-state index contributed by atoms with van der Waals surface area (Å²) in [5.74, 6) is 5.45. The van der Waals surface area contributed by atoms with Crippen LogP contribution in [0, 0.1) is 0 Å². The molecular weight excluding hydrogens is 146 g/mol. The van der Waals surface area contributed by atoms with E-state index in [0.717, 1.165) is 9.58 Å².